The van der Waals surface area contributed by atoms with Crippen LogP contribution >= 0.6 is 0 Å². The van der Waals surface area contributed by atoms with Crippen molar-refractivity contribution in [1.29, 1.82) is 0 Å². The summed E-state index contributed by atoms with van der Waals surface area (Å²) < 4.78 is 0. The predicted octanol–water partition coefficient (Wildman–Crippen LogP) is 2.36. The van der Waals surface area contributed by atoms with Crippen LogP contribution in [0.4, 0.5) is 0 Å². The van der Waals surface area contributed by atoms with Gasteiger partial charge in [0.25, 0.3) is 0 Å². The maximum Gasteiger partial charge on any atom is 0.306 e. The van der Waals surface area contributed by atoms with Gasteiger partial charge in [-0.1, -0.05) is 6.42 Å². The second-order valence-electron chi connectivity index (χ2n) is 5.42. The minimum atomic E-state index is -0.587. The summed E-state index contributed by atoms with van der Waals surface area (Å²) in [5.41, 5.74) is 0. The number of carboxylic acid groups (broad SMARTS) is 1. The number of aliphatic carboxylic acids is 1. The lowest BCUT2D eigenvalue weighted by Crippen LogP contribution is -2.36. The third-order valence-electron chi connectivity index (χ3n) is 4.16. The van der Waals surface area contributed by atoms with Gasteiger partial charge in [-0.25, -0.2) is 0 Å². The maximum absolute atomic E-state index is 10.8. The zero-order valence-electron chi connectivity index (χ0n) is 10.0. The summed E-state index contributed by atoms with van der Waals surface area (Å²) in [5, 5.41) is 8.94. The average molecular weight is 225 g/mol. The van der Waals surface area contributed by atoms with Crippen LogP contribution in [0.3, 0.4) is 0 Å². The quantitative estimate of drug-likeness (QED) is 0.801. The van der Waals surface area contributed by atoms with E-state index < -0.39 is 5.97 Å². The summed E-state index contributed by atoms with van der Waals surface area (Å²) in [5.74, 6) is 0.114. The first kappa shape index (κ1) is 11.9. The van der Waals surface area contributed by atoms with Crippen molar-refractivity contribution >= 4 is 5.97 Å². The Hall–Kier alpha value is -0.570. The van der Waals surface area contributed by atoms with Crippen molar-refractivity contribution in [1.82, 2.24) is 4.90 Å². The van der Waals surface area contributed by atoms with Crippen molar-refractivity contribution in [3.8, 4) is 0 Å². The van der Waals surface area contributed by atoms with Gasteiger partial charge in [0, 0.05) is 6.54 Å². The molecule has 0 bridgehead atoms. The smallest absolute Gasteiger partial charge is 0.306 e. The molecule has 1 aliphatic carbocycles. The summed E-state index contributed by atoms with van der Waals surface area (Å²) >= 11 is 0. The Kier molecular flexibility index (Phi) is 4.22. The molecule has 16 heavy (non-hydrogen) atoms. The van der Waals surface area contributed by atoms with Crippen LogP contribution in [0, 0.1) is 11.8 Å². The van der Waals surface area contributed by atoms with Crippen LogP contribution in [-0.4, -0.2) is 35.6 Å². The Balaban J connectivity index is 1.70. The zero-order chi connectivity index (χ0) is 11.4. The first-order valence-electron chi connectivity index (χ1n) is 6.71. The lowest BCUT2D eigenvalue weighted by atomic mass is 9.81. The number of carboxylic acids is 1. The highest BCUT2D eigenvalue weighted by atomic mass is 16.4. The van der Waals surface area contributed by atoms with Crippen molar-refractivity contribution in [3.05, 3.63) is 0 Å². The third-order valence-corrected chi connectivity index (χ3v) is 4.16. The van der Waals surface area contributed by atoms with E-state index in [9.17, 15) is 4.79 Å². The highest BCUT2D eigenvalue weighted by molar-refractivity contribution is 5.69. The summed E-state index contributed by atoms with van der Waals surface area (Å²) in [7, 11) is 0. The van der Waals surface area contributed by atoms with Crippen LogP contribution in [-0.2, 0) is 4.79 Å². The fourth-order valence-electron chi connectivity index (χ4n) is 3.10. The number of hydrogen-bond acceptors (Lipinski definition) is 2. The molecule has 2 aliphatic rings. The Morgan fingerprint density at radius 1 is 1.06 bits per heavy atom. The minimum absolute atomic E-state index is 0.0578. The fourth-order valence-corrected chi connectivity index (χ4v) is 3.10. The van der Waals surface area contributed by atoms with Gasteiger partial charge < -0.3 is 10.0 Å². The van der Waals surface area contributed by atoms with Gasteiger partial charge in [-0.2, -0.15) is 0 Å². The molecule has 2 fully saturated rings. The van der Waals surface area contributed by atoms with Gasteiger partial charge in [-0.3, -0.25) is 4.79 Å². The Bertz CT molecular complexity index is 228. The number of nitrogens with zero attached hydrogens (tertiary/aromatic N) is 1. The molecule has 0 atom stereocenters. The molecule has 1 N–H and O–H groups in total. The van der Waals surface area contributed by atoms with Crippen molar-refractivity contribution in [2.24, 2.45) is 11.8 Å². The fraction of sp³-hybridized carbons (Fsp3) is 0.923. The van der Waals surface area contributed by atoms with Crippen molar-refractivity contribution < 1.29 is 9.90 Å². The maximum atomic E-state index is 10.8. The SMILES string of the molecule is O=C(O)C1CCC(CN2CCCCC2)CC1. The van der Waals surface area contributed by atoms with Crippen LogP contribution in [0.15, 0.2) is 0 Å². The zero-order valence-corrected chi connectivity index (χ0v) is 10.0. The summed E-state index contributed by atoms with van der Waals surface area (Å²) in [6.07, 6.45) is 8.12. The normalized spacial score (nSPS) is 32.5. The molecule has 1 heterocycles. The third kappa shape index (κ3) is 3.21. The van der Waals surface area contributed by atoms with Gasteiger partial charge in [0.2, 0.25) is 0 Å². The van der Waals surface area contributed by atoms with Gasteiger partial charge in [-0.15, -0.1) is 0 Å². The molecule has 92 valence electrons. The van der Waals surface area contributed by atoms with Crippen LogP contribution in [0.5, 0.6) is 0 Å². The Morgan fingerprint density at radius 3 is 2.25 bits per heavy atom. The van der Waals surface area contributed by atoms with Gasteiger partial charge >= 0.3 is 5.97 Å². The van der Waals surface area contributed by atoms with Gasteiger partial charge in [0.05, 0.1) is 5.92 Å². The molecular formula is C13H23NO2. The number of piperidine rings is 1. The van der Waals surface area contributed by atoms with E-state index in [1.54, 1.807) is 0 Å². The molecule has 0 spiro atoms. The van der Waals surface area contributed by atoms with E-state index in [0.29, 0.717) is 0 Å². The predicted molar refractivity (Wildman–Crippen MR) is 63.4 cm³/mol. The monoisotopic (exact) mass is 225 g/mol. The van der Waals surface area contributed by atoms with E-state index in [0.717, 1.165) is 31.6 Å². The second kappa shape index (κ2) is 5.67. The van der Waals surface area contributed by atoms with Crippen molar-refractivity contribution in [3.63, 3.8) is 0 Å². The topological polar surface area (TPSA) is 40.5 Å². The molecule has 0 radical (unpaired) electrons. The highest BCUT2D eigenvalue weighted by Crippen LogP contribution is 2.29. The number of hydrogen-bond donors (Lipinski definition) is 1. The molecular weight excluding hydrogens is 202 g/mol. The largest absolute Gasteiger partial charge is 0.481 e. The first-order chi connectivity index (χ1) is 7.75. The molecule has 0 aromatic heterocycles. The Labute approximate surface area is 97.8 Å². The van der Waals surface area contributed by atoms with Crippen molar-refractivity contribution in [2.45, 2.75) is 44.9 Å². The summed E-state index contributed by atoms with van der Waals surface area (Å²) in [6.45, 7) is 3.74. The summed E-state index contributed by atoms with van der Waals surface area (Å²) in [6, 6.07) is 0. The van der Waals surface area contributed by atoms with Gasteiger partial charge in [0.1, 0.15) is 0 Å². The van der Waals surface area contributed by atoms with E-state index >= 15 is 0 Å². The van der Waals surface area contributed by atoms with E-state index in [1.165, 1.54) is 38.9 Å². The van der Waals surface area contributed by atoms with Crippen LogP contribution in [0.2, 0.25) is 0 Å². The highest BCUT2D eigenvalue weighted by Gasteiger charge is 2.27. The van der Waals surface area contributed by atoms with Crippen LogP contribution < -0.4 is 0 Å². The minimum Gasteiger partial charge on any atom is -0.481 e. The molecule has 1 saturated carbocycles. The molecule has 3 heteroatoms. The number of rotatable bonds is 3. The van der Waals surface area contributed by atoms with Gasteiger partial charge in [-0.05, 0) is 57.5 Å². The lowest BCUT2D eigenvalue weighted by molar-refractivity contribution is -0.143. The van der Waals surface area contributed by atoms with Crippen LogP contribution in [0.25, 0.3) is 0 Å². The molecule has 2 rings (SSSR count). The van der Waals surface area contributed by atoms with E-state index in [4.69, 9.17) is 5.11 Å². The Morgan fingerprint density at radius 2 is 1.69 bits per heavy atom. The molecule has 0 aromatic carbocycles. The molecule has 0 amide bonds. The number of likely N-dealkylation sites (tertiary alicyclic amines) is 1. The molecule has 3 nitrogen and oxygen atoms in total. The summed E-state index contributed by atoms with van der Waals surface area (Å²) in [4.78, 5) is 13.4. The standard InChI is InChI=1S/C13H23NO2/c15-13(16)12-6-4-11(5-7-12)10-14-8-2-1-3-9-14/h11-12H,1-10H2,(H,15,16). The number of carbonyl (C=O) groups is 1. The van der Waals surface area contributed by atoms with E-state index in [-0.39, 0.29) is 5.92 Å². The molecule has 0 aromatic rings. The van der Waals surface area contributed by atoms with E-state index in [1.807, 2.05) is 0 Å². The molecule has 1 saturated heterocycles. The lowest BCUT2D eigenvalue weighted by Gasteiger charge is -2.33. The molecule has 0 unspecified atom stereocenters. The van der Waals surface area contributed by atoms with E-state index in [2.05, 4.69) is 4.90 Å². The average Bonchev–Trinajstić information content (AvgIpc) is 2.31. The van der Waals surface area contributed by atoms with Crippen LogP contribution in [0.1, 0.15) is 44.9 Å². The molecule has 1 aliphatic heterocycles. The van der Waals surface area contributed by atoms with Crippen molar-refractivity contribution in [2.75, 3.05) is 19.6 Å². The second-order valence-corrected chi connectivity index (χ2v) is 5.42. The van der Waals surface area contributed by atoms with Gasteiger partial charge in [0.15, 0.2) is 0 Å². The first-order valence-corrected chi connectivity index (χ1v) is 6.71.